The second kappa shape index (κ2) is 2.49. The third-order valence-corrected chi connectivity index (χ3v) is 2.34. The number of ether oxygens (including phenoxy) is 1. The summed E-state index contributed by atoms with van der Waals surface area (Å²) in [5, 5.41) is 9.26. The Bertz CT molecular complexity index is 115. The van der Waals surface area contributed by atoms with Crippen LogP contribution in [0.5, 0.6) is 0 Å². The van der Waals surface area contributed by atoms with E-state index in [1.54, 1.807) is 0 Å². The summed E-state index contributed by atoms with van der Waals surface area (Å²) in [7, 11) is 0. The predicted molar refractivity (Wildman–Crippen MR) is 36.8 cm³/mol. The zero-order valence-electron chi connectivity index (χ0n) is 5.99. The van der Waals surface area contributed by atoms with Crippen molar-refractivity contribution in [2.45, 2.75) is 18.6 Å². The predicted octanol–water partition coefficient (Wildman–Crippen LogP) is -0.548. The standard InChI is InChI=1S/C7H13NO2/c9-7-3-6-5-10-2-1-8(6)4-7/h6-7,9H,1-5H2/t6-,7+/m0/s1. The van der Waals surface area contributed by atoms with Crippen LogP contribution in [0.15, 0.2) is 0 Å². The van der Waals surface area contributed by atoms with Crippen LogP contribution in [0.3, 0.4) is 0 Å². The molecule has 1 N–H and O–H groups in total. The van der Waals surface area contributed by atoms with Gasteiger partial charge >= 0.3 is 0 Å². The second-order valence-corrected chi connectivity index (χ2v) is 3.11. The second-order valence-electron chi connectivity index (χ2n) is 3.11. The first kappa shape index (κ1) is 6.58. The fourth-order valence-corrected chi connectivity index (χ4v) is 1.81. The Morgan fingerprint density at radius 3 is 3.20 bits per heavy atom. The smallest absolute Gasteiger partial charge is 0.0683 e. The first-order valence-electron chi connectivity index (χ1n) is 3.86. The monoisotopic (exact) mass is 143 g/mol. The van der Waals surface area contributed by atoms with Crippen molar-refractivity contribution < 1.29 is 9.84 Å². The summed E-state index contributed by atoms with van der Waals surface area (Å²) in [5.41, 5.74) is 0. The summed E-state index contributed by atoms with van der Waals surface area (Å²) < 4.78 is 5.28. The van der Waals surface area contributed by atoms with Crippen molar-refractivity contribution in [3.05, 3.63) is 0 Å². The van der Waals surface area contributed by atoms with Crippen molar-refractivity contribution in [2.75, 3.05) is 26.3 Å². The molecule has 2 rings (SSSR count). The number of hydrogen-bond acceptors (Lipinski definition) is 3. The molecular weight excluding hydrogens is 130 g/mol. The van der Waals surface area contributed by atoms with E-state index in [1.807, 2.05) is 0 Å². The third kappa shape index (κ3) is 1.05. The first-order chi connectivity index (χ1) is 4.86. The Kier molecular flexibility index (Phi) is 1.64. The summed E-state index contributed by atoms with van der Waals surface area (Å²) in [6.07, 6.45) is 0.798. The molecule has 0 unspecified atom stereocenters. The molecule has 0 aliphatic carbocycles. The lowest BCUT2D eigenvalue weighted by Gasteiger charge is -2.28. The molecule has 0 radical (unpaired) electrons. The Labute approximate surface area is 60.6 Å². The minimum absolute atomic E-state index is 0.105. The molecule has 10 heavy (non-hydrogen) atoms. The minimum Gasteiger partial charge on any atom is -0.392 e. The fourth-order valence-electron chi connectivity index (χ4n) is 1.81. The molecule has 0 saturated carbocycles. The highest BCUT2D eigenvalue weighted by atomic mass is 16.5. The van der Waals surface area contributed by atoms with Gasteiger partial charge in [0.15, 0.2) is 0 Å². The lowest BCUT2D eigenvalue weighted by Crippen LogP contribution is -2.40. The highest BCUT2D eigenvalue weighted by molar-refractivity contribution is 4.86. The van der Waals surface area contributed by atoms with Gasteiger partial charge in [-0.3, -0.25) is 4.90 Å². The number of morpholine rings is 1. The molecule has 2 fully saturated rings. The van der Waals surface area contributed by atoms with Crippen LogP contribution in [0.2, 0.25) is 0 Å². The van der Waals surface area contributed by atoms with E-state index in [0.717, 1.165) is 32.7 Å². The van der Waals surface area contributed by atoms with Crippen LogP contribution >= 0.6 is 0 Å². The average Bonchev–Trinajstić information content (AvgIpc) is 2.27. The van der Waals surface area contributed by atoms with Crippen LogP contribution in [0.1, 0.15) is 6.42 Å². The van der Waals surface area contributed by atoms with Gasteiger partial charge < -0.3 is 9.84 Å². The van der Waals surface area contributed by atoms with Gasteiger partial charge in [0, 0.05) is 19.1 Å². The van der Waals surface area contributed by atoms with Gasteiger partial charge in [0.05, 0.1) is 19.3 Å². The van der Waals surface area contributed by atoms with Crippen LogP contribution in [-0.4, -0.2) is 48.5 Å². The van der Waals surface area contributed by atoms with Gasteiger partial charge in [-0.2, -0.15) is 0 Å². The highest BCUT2D eigenvalue weighted by Gasteiger charge is 2.32. The molecule has 0 aromatic carbocycles. The fraction of sp³-hybridized carbons (Fsp3) is 1.00. The molecule has 0 bridgehead atoms. The van der Waals surface area contributed by atoms with Gasteiger partial charge in [0.2, 0.25) is 0 Å². The van der Waals surface area contributed by atoms with Crippen molar-refractivity contribution in [2.24, 2.45) is 0 Å². The summed E-state index contributed by atoms with van der Waals surface area (Å²) in [6.45, 7) is 3.51. The van der Waals surface area contributed by atoms with Crippen LogP contribution in [0, 0.1) is 0 Å². The quantitative estimate of drug-likeness (QED) is 0.494. The number of nitrogens with zero attached hydrogens (tertiary/aromatic N) is 1. The van der Waals surface area contributed by atoms with Gasteiger partial charge in [0.1, 0.15) is 0 Å². The molecule has 3 nitrogen and oxygen atoms in total. The molecule has 2 heterocycles. The minimum atomic E-state index is -0.105. The van der Waals surface area contributed by atoms with E-state index in [2.05, 4.69) is 4.90 Å². The highest BCUT2D eigenvalue weighted by Crippen LogP contribution is 2.19. The van der Waals surface area contributed by atoms with Crippen LogP contribution in [0.25, 0.3) is 0 Å². The summed E-state index contributed by atoms with van der Waals surface area (Å²) in [6, 6.07) is 0.503. The van der Waals surface area contributed by atoms with Crippen molar-refractivity contribution >= 4 is 0 Å². The van der Waals surface area contributed by atoms with Gasteiger partial charge in [-0.1, -0.05) is 0 Å². The lowest BCUT2D eigenvalue weighted by atomic mass is 10.2. The zero-order chi connectivity index (χ0) is 6.97. The van der Waals surface area contributed by atoms with Crippen LogP contribution in [-0.2, 0) is 4.74 Å². The van der Waals surface area contributed by atoms with E-state index < -0.39 is 0 Å². The maximum Gasteiger partial charge on any atom is 0.0683 e. The average molecular weight is 143 g/mol. The third-order valence-electron chi connectivity index (χ3n) is 2.34. The molecular formula is C7H13NO2. The van der Waals surface area contributed by atoms with Gasteiger partial charge in [-0.05, 0) is 6.42 Å². The number of aliphatic hydroxyl groups excluding tert-OH is 1. The van der Waals surface area contributed by atoms with E-state index in [4.69, 9.17) is 4.74 Å². The number of rotatable bonds is 0. The van der Waals surface area contributed by atoms with Gasteiger partial charge in [-0.25, -0.2) is 0 Å². The van der Waals surface area contributed by atoms with Crippen molar-refractivity contribution in [3.8, 4) is 0 Å². The Balaban J connectivity index is 1.97. The van der Waals surface area contributed by atoms with Crippen molar-refractivity contribution in [3.63, 3.8) is 0 Å². The van der Waals surface area contributed by atoms with Crippen LogP contribution < -0.4 is 0 Å². The Morgan fingerprint density at radius 1 is 1.50 bits per heavy atom. The maximum absolute atomic E-state index is 9.26. The Morgan fingerprint density at radius 2 is 2.40 bits per heavy atom. The maximum atomic E-state index is 9.26. The molecule has 0 amide bonds. The molecule has 2 aliphatic heterocycles. The van der Waals surface area contributed by atoms with E-state index in [9.17, 15) is 5.11 Å². The molecule has 0 aromatic rings. The van der Waals surface area contributed by atoms with Crippen molar-refractivity contribution in [1.82, 2.24) is 4.90 Å². The number of hydrogen-bond donors (Lipinski definition) is 1. The van der Waals surface area contributed by atoms with Crippen LogP contribution in [0.4, 0.5) is 0 Å². The lowest BCUT2D eigenvalue weighted by molar-refractivity contribution is 0.0126. The van der Waals surface area contributed by atoms with E-state index in [1.165, 1.54) is 0 Å². The van der Waals surface area contributed by atoms with E-state index >= 15 is 0 Å². The Hall–Kier alpha value is -0.120. The normalized spacial score (nSPS) is 41.7. The van der Waals surface area contributed by atoms with Gasteiger partial charge in [-0.15, -0.1) is 0 Å². The SMILES string of the molecule is O[C@@H]1C[C@H]2COCCN2C1. The number of aliphatic hydroxyl groups is 1. The van der Waals surface area contributed by atoms with Gasteiger partial charge in [0.25, 0.3) is 0 Å². The summed E-state index contributed by atoms with van der Waals surface area (Å²) >= 11 is 0. The van der Waals surface area contributed by atoms with E-state index in [0.29, 0.717) is 6.04 Å². The molecule has 0 aromatic heterocycles. The molecule has 2 saturated heterocycles. The van der Waals surface area contributed by atoms with Crippen molar-refractivity contribution in [1.29, 1.82) is 0 Å². The molecule has 58 valence electrons. The zero-order valence-corrected chi connectivity index (χ0v) is 5.99. The summed E-state index contributed by atoms with van der Waals surface area (Å²) in [5.74, 6) is 0. The number of fused-ring (bicyclic) bond motifs is 1. The largest absolute Gasteiger partial charge is 0.392 e. The molecule has 3 heteroatoms. The molecule has 2 aliphatic rings. The topological polar surface area (TPSA) is 32.7 Å². The first-order valence-corrected chi connectivity index (χ1v) is 3.86. The molecule has 2 atom stereocenters. The molecule has 0 spiro atoms. The van der Waals surface area contributed by atoms with E-state index in [-0.39, 0.29) is 6.10 Å². The summed E-state index contributed by atoms with van der Waals surface area (Å²) in [4.78, 5) is 2.31.